The highest BCUT2D eigenvalue weighted by atomic mass is 16.5. The molecule has 18 heavy (non-hydrogen) atoms. The van der Waals surface area contributed by atoms with Crippen LogP contribution < -0.4 is 4.74 Å². The third-order valence-electron chi connectivity index (χ3n) is 2.66. The number of ether oxygens (including phenoxy) is 1. The standard InChI is InChI=1S/C16H15NO/c1-13(12-17)11-14-7-9-16(10-8-14)18-15-5-3-2-4-6-15/h2-10,13H,11H2,1H3. The smallest absolute Gasteiger partial charge is 0.127 e. The molecule has 90 valence electrons. The molecule has 0 saturated heterocycles. The summed E-state index contributed by atoms with van der Waals surface area (Å²) in [5.74, 6) is 1.69. The highest BCUT2D eigenvalue weighted by Gasteiger charge is 2.02. The molecule has 0 amide bonds. The summed E-state index contributed by atoms with van der Waals surface area (Å²) in [6.07, 6.45) is 0.780. The number of nitriles is 1. The van der Waals surface area contributed by atoms with E-state index in [1.165, 1.54) is 0 Å². The molecule has 1 atom stereocenters. The molecular formula is C16H15NO. The molecule has 2 heteroatoms. The predicted octanol–water partition coefficient (Wildman–Crippen LogP) is 4.18. The average Bonchev–Trinajstić information content (AvgIpc) is 2.42. The van der Waals surface area contributed by atoms with Crippen molar-refractivity contribution in [2.75, 3.05) is 0 Å². The number of rotatable bonds is 4. The zero-order chi connectivity index (χ0) is 12.8. The van der Waals surface area contributed by atoms with Gasteiger partial charge in [-0.15, -0.1) is 0 Å². The van der Waals surface area contributed by atoms with Gasteiger partial charge in [-0.05, 0) is 43.2 Å². The van der Waals surface area contributed by atoms with Crippen molar-refractivity contribution in [1.82, 2.24) is 0 Å². The van der Waals surface area contributed by atoms with Crippen molar-refractivity contribution in [3.05, 3.63) is 60.2 Å². The molecule has 0 saturated carbocycles. The summed E-state index contributed by atoms with van der Waals surface area (Å²) in [6, 6.07) is 19.8. The van der Waals surface area contributed by atoms with Crippen LogP contribution in [0.3, 0.4) is 0 Å². The number of hydrogen-bond donors (Lipinski definition) is 0. The van der Waals surface area contributed by atoms with Gasteiger partial charge in [0, 0.05) is 5.92 Å². The highest BCUT2D eigenvalue weighted by Crippen LogP contribution is 2.21. The van der Waals surface area contributed by atoms with Gasteiger partial charge in [0.25, 0.3) is 0 Å². The Bertz CT molecular complexity index is 525. The molecular weight excluding hydrogens is 222 g/mol. The molecule has 0 radical (unpaired) electrons. The second kappa shape index (κ2) is 5.88. The van der Waals surface area contributed by atoms with Crippen LogP contribution in [-0.2, 0) is 6.42 Å². The Labute approximate surface area is 107 Å². The Kier molecular flexibility index (Phi) is 3.98. The molecule has 2 rings (SSSR count). The van der Waals surface area contributed by atoms with Crippen LogP contribution in [-0.4, -0.2) is 0 Å². The van der Waals surface area contributed by atoms with Crippen molar-refractivity contribution < 1.29 is 4.74 Å². The fraction of sp³-hybridized carbons (Fsp3) is 0.188. The third-order valence-corrected chi connectivity index (χ3v) is 2.66. The fourth-order valence-electron chi connectivity index (χ4n) is 1.72. The normalized spacial score (nSPS) is 11.6. The van der Waals surface area contributed by atoms with Crippen LogP contribution in [0.1, 0.15) is 12.5 Å². The van der Waals surface area contributed by atoms with Gasteiger partial charge in [0.1, 0.15) is 11.5 Å². The van der Waals surface area contributed by atoms with E-state index in [9.17, 15) is 0 Å². The number of nitrogens with zero attached hydrogens (tertiary/aromatic N) is 1. The van der Waals surface area contributed by atoms with Gasteiger partial charge in [-0.1, -0.05) is 30.3 Å². The predicted molar refractivity (Wildman–Crippen MR) is 71.4 cm³/mol. The maximum Gasteiger partial charge on any atom is 0.127 e. The topological polar surface area (TPSA) is 33.0 Å². The summed E-state index contributed by atoms with van der Waals surface area (Å²) in [7, 11) is 0. The summed E-state index contributed by atoms with van der Waals surface area (Å²) in [6.45, 7) is 1.92. The Hall–Kier alpha value is -2.27. The van der Waals surface area contributed by atoms with E-state index in [2.05, 4.69) is 6.07 Å². The first kappa shape index (κ1) is 12.2. The second-order valence-corrected chi connectivity index (χ2v) is 4.29. The first-order chi connectivity index (χ1) is 8.78. The van der Waals surface area contributed by atoms with E-state index in [0.717, 1.165) is 23.5 Å². The Morgan fingerprint density at radius 2 is 1.61 bits per heavy atom. The van der Waals surface area contributed by atoms with E-state index < -0.39 is 0 Å². The minimum absolute atomic E-state index is 0.0471. The Morgan fingerprint density at radius 3 is 2.22 bits per heavy atom. The van der Waals surface area contributed by atoms with Crippen LogP contribution in [0.15, 0.2) is 54.6 Å². The average molecular weight is 237 g/mol. The van der Waals surface area contributed by atoms with Gasteiger partial charge in [-0.2, -0.15) is 5.26 Å². The molecule has 0 spiro atoms. The molecule has 0 fully saturated rings. The van der Waals surface area contributed by atoms with E-state index in [0.29, 0.717) is 0 Å². The first-order valence-electron chi connectivity index (χ1n) is 5.99. The van der Waals surface area contributed by atoms with Crippen molar-refractivity contribution in [1.29, 1.82) is 5.26 Å². The molecule has 0 aliphatic heterocycles. The Balaban J connectivity index is 2.02. The molecule has 0 aliphatic carbocycles. The van der Waals surface area contributed by atoms with Gasteiger partial charge in [-0.3, -0.25) is 0 Å². The van der Waals surface area contributed by atoms with Crippen LogP contribution in [0.5, 0.6) is 11.5 Å². The van der Waals surface area contributed by atoms with Gasteiger partial charge in [-0.25, -0.2) is 0 Å². The zero-order valence-electron chi connectivity index (χ0n) is 10.3. The van der Waals surface area contributed by atoms with Crippen molar-refractivity contribution in [3.8, 4) is 17.6 Å². The lowest BCUT2D eigenvalue weighted by Crippen LogP contribution is -1.95. The lowest BCUT2D eigenvalue weighted by atomic mass is 10.0. The molecule has 0 heterocycles. The lowest BCUT2D eigenvalue weighted by molar-refractivity contribution is 0.482. The minimum Gasteiger partial charge on any atom is -0.457 e. The number of benzene rings is 2. The van der Waals surface area contributed by atoms with E-state index >= 15 is 0 Å². The van der Waals surface area contributed by atoms with E-state index in [4.69, 9.17) is 10.00 Å². The summed E-state index contributed by atoms with van der Waals surface area (Å²) in [5.41, 5.74) is 1.16. The highest BCUT2D eigenvalue weighted by molar-refractivity contribution is 5.33. The van der Waals surface area contributed by atoms with Gasteiger partial charge >= 0.3 is 0 Å². The second-order valence-electron chi connectivity index (χ2n) is 4.29. The zero-order valence-corrected chi connectivity index (χ0v) is 10.3. The van der Waals surface area contributed by atoms with Gasteiger partial charge in [0.2, 0.25) is 0 Å². The maximum atomic E-state index is 8.77. The summed E-state index contributed by atoms with van der Waals surface area (Å²) in [5, 5.41) is 8.77. The largest absolute Gasteiger partial charge is 0.457 e. The van der Waals surface area contributed by atoms with Crippen LogP contribution >= 0.6 is 0 Å². The van der Waals surface area contributed by atoms with E-state index in [1.54, 1.807) is 0 Å². The van der Waals surface area contributed by atoms with Crippen molar-refractivity contribution in [3.63, 3.8) is 0 Å². The summed E-state index contributed by atoms with van der Waals surface area (Å²) in [4.78, 5) is 0. The molecule has 2 nitrogen and oxygen atoms in total. The van der Waals surface area contributed by atoms with E-state index in [1.807, 2.05) is 61.5 Å². The molecule has 0 bridgehead atoms. The molecule has 2 aromatic carbocycles. The van der Waals surface area contributed by atoms with Crippen molar-refractivity contribution in [2.24, 2.45) is 5.92 Å². The van der Waals surface area contributed by atoms with E-state index in [-0.39, 0.29) is 5.92 Å². The van der Waals surface area contributed by atoms with Gasteiger partial charge in [0.15, 0.2) is 0 Å². The quantitative estimate of drug-likeness (QED) is 0.799. The van der Waals surface area contributed by atoms with Gasteiger partial charge < -0.3 is 4.74 Å². The maximum absolute atomic E-state index is 8.77. The monoisotopic (exact) mass is 237 g/mol. The Morgan fingerprint density at radius 1 is 1.00 bits per heavy atom. The lowest BCUT2D eigenvalue weighted by Gasteiger charge is -2.07. The van der Waals surface area contributed by atoms with Crippen molar-refractivity contribution in [2.45, 2.75) is 13.3 Å². The molecule has 1 unspecified atom stereocenters. The SMILES string of the molecule is CC(C#N)Cc1ccc(Oc2ccccc2)cc1. The first-order valence-corrected chi connectivity index (χ1v) is 5.99. The van der Waals surface area contributed by atoms with Crippen LogP contribution in [0.2, 0.25) is 0 Å². The number of hydrogen-bond acceptors (Lipinski definition) is 2. The third kappa shape index (κ3) is 3.36. The fourth-order valence-corrected chi connectivity index (χ4v) is 1.72. The van der Waals surface area contributed by atoms with Crippen LogP contribution in [0.25, 0.3) is 0 Å². The van der Waals surface area contributed by atoms with Crippen molar-refractivity contribution >= 4 is 0 Å². The van der Waals surface area contributed by atoms with Crippen LogP contribution in [0.4, 0.5) is 0 Å². The minimum atomic E-state index is 0.0471. The molecule has 0 aliphatic rings. The number of para-hydroxylation sites is 1. The molecule has 2 aromatic rings. The van der Waals surface area contributed by atoms with Crippen LogP contribution in [0, 0.1) is 17.2 Å². The molecule has 0 aromatic heterocycles. The van der Waals surface area contributed by atoms with Gasteiger partial charge in [0.05, 0.1) is 6.07 Å². The summed E-state index contributed by atoms with van der Waals surface area (Å²) < 4.78 is 5.70. The molecule has 0 N–H and O–H groups in total. The summed E-state index contributed by atoms with van der Waals surface area (Å²) >= 11 is 0.